The van der Waals surface area contributed by atoms with Crippen LogP contribution in [0.25, 0.3) is 0 Å². The van der Waals surface area contributed by atoms with Gasteiger partial charge in [0.2, 0.25) is 0 Å². The van der Waals surface area contributed by atoms with Gasteiger partial charge in [0.1, 0.15) is 0 Å². The van der Waals surface area contributed by atoms with E-state index < -0.39 is 9.84 Å². The Bertz CT molecular complexity index is 339. The van der Waals surface area contributed by atoms with Crippen LogP contribution in [-0.4, -0.2) is 14.7 Å². The van der Waals surface area contributed by atoms with Crippen LogP contribution in [0.2, 0.25) is 0 Å². The van der Waals surface area contributed by atoms with Crippen molar-refractivity contribution in [3.63, 3.8) is 0 Å². The molecule has 0 aliphatic rings. The third kappa shape index (κ3) is 2.04. The Hall–Kier alpha value is 0.130. The van der Waals surface area contributed by atoms with Crippen LogP contribution in [0.15, 0.2) is 16.3 Å². The second-order valence-corrected chi connectivity index (χ2v) is 5.66. The average Bonchev–Trinajstić information content (AvgIpc) is 2.31. The van der Waals surface area contributed by atoms with Gasteiger partial charge < -0.3 is 0 Å². The van der Waals surface area contributed by atoms with Gasteiger partial charge in [-0.15, -0.1) is 11.3 Å². The summed E-state index contributed by atoms with van der Waals surface area (Å²) in [5, 5.41) is 2.39. The molecule has 0 amide bonds. The maximum absolute atomic E-state index is 11.1. The summed E-state index contributed by atoms with van der Waals surface area (Å²) < 4.78 is 22.1. The predicted octanol–water partition coefficient (Wildman–Crippen LogP) is 2.05. The summed E-state index contributed by atoms with van der Waals surface area (Å²) in [7, 11) is -3.02. The van der Waals surface area contributed by atoms with E-state index >= 15 is 0 Å². The fourth-order valence-corrected chi connectivity index (χ4v) is 3.74. The second kappa shape index (κ2) is 3.25. The predicted molar refractivity (Wildman–Crippen MR) is 50.1 cm³/mol. The third-order valence-corrected chi connectivity index (χ3v) is 4.39. The number of halogens is 1. The Morgan fingerprint density at radius 2 is 2.27 bits per heavy atom. The lowest BCUT2D eigenvalue weighted by molar-refractivity contribution is 0.601. The van der Waals surface area contributed by atoms with E-state index in [0.717, 1.165) is 4.88 Å². The zero-order valence-electron chi connectivity index (χ0n) is 5.87. The highest BCUT2D eigenvalue weighted by Crippen LogP contribution is 2.23. The summed E-state index contributed by atoms with van der Waals surface area (Å²) in [5.74, 6) is 0. The minimum Gasteiger partial charge on any atom is -0.224 e. The molecule has 0 unspecified atom stereocenters. The summed E-state index contributed by atoms with van der Waals surface area (Å²) in [4.78, 5) is 1.31. The lowest BCUT2D eigenvalue weighted by Gasteiger charge is -1.95. The molecule has 0 aromatic carbocycles. The summed E-state index contributed by atoms with van der Waals surface area (Å²) in [6, 6.07) is 1.64. The number of alkyl halides is 1. The topological polar surface area (TPSA) is 34.1 Å². The molecule has 1 aromatic heterocycles. The van der Waals surface area contributed by atoms with Gasteiger partial charge in [0.15, 0.2) is 9.84 Å². The number of hydrogen-bond acceptors (Lipinski definition) is 3. The molecule has 0 radical (unpaired) electrons. The Balaban J connectivity index is 3.24. The molecule has 1 heterocycles. The van der Waals surface area contributed by atoms with Gasteiger partial charge in [-0.3, -0.25) is 0 Å². The first-order chi connectivity index (χ1) is 5.05. The Morgan fingerprint density at radius 3 is 2.64 bits per heavy atom. The second-order valence-electron chi connectivity index (χ2n) is 2.11. The fourth-order valence-electron chi connectivity index (χ4n) is 0.757. The van der Waals surface area contributed by atoms with Gasteiger partial charge in [-0.2, -0.15) is 0 Å². The van der Waals surface area contributed by atoms with Crippen molar-refractivity contribution in [3.05, 3.63) is 16.3 Å². The molecule has 2 nitrogen and oxygen atoms in total. The van der Waals surface area contributed by atoms with Crippen LogP contribution in [-0.2, 0) is 15.2 Å². The van der Waals surface area contributed by atoms with Crippen molar-refractivity contribution in [2.45, 2.75) is 10.2 Å². The standard InChI is InChI=1S/C6H7BrO2S2/c1-11(8,9)6-2-3-10-5(6)4-7/h2-3H,4H2,1H3. The lowest BCUT2D eigenvalue weighted by atomic mass is 10.5. The van der Waals surface area contributed by atoms with E-state index in [0.29, 0.717) is 10.2 Å². The molecule has 0 aliphatic carbocycles. The van der Waals surface area contributed by atoms with Crippen LogP contribution in [0.4, 0.5) is 0 Å². The van der Waals surface area contributed by atoms with Crippen LogP contribution < -0.4 is 0 Å². The van der Waals surface area contributed by atoms with Crippen molar-refractivity contribution in [1.29, 1.82) is 0 Å². The maximum atomic E-state index is 11.1. The summed E-state index contributed by atoms with van der Waals surface area (Å²) >= 11 is 4.68. The fraction of sp³-hybridized carbons (Fsp3) is 0.333. The van der Waals surface area contributed by atoms with E-state index in [2.05, 4.69) is 15.9 Å². The van der Waals surface area contributed by atoms with E-state index in [4.69, 9.17) is 0 Å². The third-order valence-electron chi connectivity index (χ3n) is 1.23. The highest BCUT2D eigenvalue weighted by molar-refractivity contribution is 9.08. The molecule has 0 fully saturated rings. The van der Waals surface area contributed by atoms with E-state index in [-0.39, 0.29) is 0 Å². The molecule has 1 aromatic rings. The van der Waals surface area contributed by atoms with Crippen molar-refractivity contribution >= 4 is 37.1 Å². The maximum Gasteiger partial charge on any atom is 0.176 e. The molecular formula is C6H7BrO2S2. The molecule has 62 valence electrons. The molecule has 0 spiro atoms. The highest BCUT2D eigenvalue weighted by Gasteiger charge is 2.12. The number of hydrogen-bond donors (Lipinski definition) is 0. The van der Waals surface area contributed by atoms with Gasteiger partial charge in [0.25, 0.3) is 0 Å². The molecule has 1 rings (SSSR count). The first-order valence-electron chi connectivity index (χ1n) is 2.88. The molecule has 0 N–H and O–H groups in total. The average molecular weight is 255 g/mol. The highest BCUT2D eigenvalue weighted by atomic mass is 79.9. The van der Waals surface area contributed by atoms with E-state index in [1.165, 1.54) is 17.6 Å². The lowest BCUT2D eigenvalue weighted by Crippen LogP contribution is -1.96. The van der Waals surface area contributed by atoms with Gasteiger partial charge in [-0.05, 0) is 11.4 Å². The quantitative estimate of drug-likeness (QED) is 0.758. The Kier molecular flexibility index (Phi) is 2.72. The smallest absolute Gasteiger partial charge is 0.176 e. The molecule has 0 atom stereocenters. The van der Waals surface area contributed by atoms with E-state index in [1.54, 1.807) is 11.4 Å². The normalized spacial score (nSPS) is 11.8. The Morgan fingerprint density at radius 1 is 1.64 bits per heavy atom. The first-order valence-corrected chi connectivity index (χ1v) is 6.77. The van der Waals surface area contributed by atoms with Crippen LogP contribution in [0.3, 0.4) is 0 Å². The summed E-state index contributed by atoms with van der Waals surface area (Å²) in [6.45, 7) is 0. The number of rotatable bonds is 2. The van der Waals surface area contributed by atoms with E-state index in [1.807, 2.05) is 0 Å². The van der Waals surface area contributed by atoms with Crippen molar-refractivity contribution in [3.8, 4) is 0 Å². The summed E-state index contributed by atoms with van der Waals surface area (Å²) in [6.07, 6.45) is 1.22. The zero-order valence-corrected chi connectivity index (χ0v) is 9.09. The minimum absolute atomic E-state index is 0.444. The van der Waals surface area contributed by atoms with Crippen LogP contribution >= 0.6 is 27.3 Å². The summed E-state index contributed by atoms with van der Waals surface area (Å²) in [5.41, 5.74) is 0. The number of sulfone groups is 1. The molecule has 11 heavy (non-hydrogen) atoms. The van der Waals surface area contributed by atoms with Crippen molar-refractivity contribution in [2.75, 3.05) is 6.26 Å². The Labute approximate surface area is 78.3 Å². The van der Waals surface area contributed by atoms with Crippen molar-refractivity contribution < 1.29 is 8.42 Å². The monoisotopic (exact) mass is 254 g/mol. The zero-order chi connectivity index (χ0) is 8.48. The minimum atomic E-state index is -3.02. The van der Waals surface area contributed by atoms with Gasteiger partial charge >= 0.3 is 0 Å². The van der Waals surface area contributed by atoms with Crippen LogP contribution in [0, 0.1) is 0 Å². The molecular weight excluding hydrogens is 248 g/mol. The van der Waals surface area contributed by atoms with Crippen LogP contribution in [0.1, 0.15) is 4.88 Å². The molecule has 0 aliphatic heterocycles. The SMILES string of the molecule is CS(=O)(=O)c1ccsc1CBr. The van der Waals surface area contributed by atoms with Gasteiger partial charge in [-0.1, -0.05) is 15.9 Å². The first kappa shape index (κ1) is 9.22. The van der Waals surface area contributed by atoms with Crippen LogP contribution in [0.5, 0.6) is 0 Å². The van der Waals surface area contributed by atoms with Crippen molar-refractivity contribution in [2.24, 2.45) is 0 Å². The molecule has 0 saturated heterocycles. The molecule has 0 saturated carbocycles. The van der Waals surface area contributed by atoms with Gasteiger partial charge in [0, 0.05) is 16.5 Å². The molecule has 0 bridgehead atoms. The van der Waals surface area contributed by atoms with Crippen molar-refractivity contribution in [1.82, 2.24) is 0 Å². The molecule has 5 heteroatoms. The van der Waals surface area contributed by atoms with E-state index in [9.17, 15) is 8.42 Å². The van der Waals surface area contributed by atoms with Gasteiger partial charge in [-0.25, -0.2) is 8.42 Å². The number of thiophene rings is 1. The largest absolute Gasteiger partial charge is 0.224 e. The van der Waals surface area contributed by atoms with Gasteiger partial charge in [0.05, 0.1) is 4.90 Å².